The molecule has 1 saturated heterocycles. The Morgan fingerprint density at radius 3 is 2.59 bits per heavy atom. The topological polar surface area (TPSA) is 32.8 Å². The van der Waals surface area contributed by atoms with Gasteiger partial charge in [-0.3, -0.25) is 4.79 Å². The second-order valence-corrected chi connectivity index (χ2v) is 6.07. The number of benzene rings is 1. The molecule has 1 amide bonds. The third-order valence-corrected chi connectivity index (χ3v) is 4.48. The van der Waals surface area contributed by atoms with Crippen LogP contribution in [0.2, 0.25) is 0 Å². The van der Waals surface area contributed by atoms with E-state index in [0.29, 0.717) is 12.3 Å². The van der Waals surface area contributed by atoms with Gasteiger partial charge in [0.1, 0.15) is 5.75 Å². The maximum Gasteiger partial charge on any atom is 0.223 e. The first-order chi connectivity index (χ1) is 10.7. The van der Waals surface area contributed by atoms with Crippen LogP contribution in [-0.4, -0.2) is 55.5 Å². The van der Waals surface area contributed by atoms with Crippen LogP contribution < -0.4 is 4.74 Å². The number of hydrogen-bond donors (Lipinski definition) is 0. The van der Waals surface area contributed by atoms with E-state index in [2.05, 4.69) is 4.90 Å². The first kappa shape index (κ1) is 16.8. The molecule has 1 fully saturated rings. The lowest BCUT2D eigenvalue weighted by molar-refractivity contribution is -0.130. The molecule has 0 radical (unpaired) electrons. The Kier molecular flexibility index (Phi) is 6.72. The smallest absolute Gasteiger partial charge is 0.223 e. The van der Waals surface area contributed by atoms with Crippen molar-refractivity contribution in [3.63, 3.8) is 0 Å². The van der Waals surface area contributed by atoms with Crippen molar-refractivity contribution in [3.8, 4) is 5.75 Å². The second-order valence-electron chi connectivity index (χ2n) is 6.07. The van der Waals surface area contributed by atoms with Gasteiger partial charge in [-0.1, -0.05) is 18.2 Å². The van der Waals surface area contributed by atoms with Gasteiger partial charge in [-0.15, -0.1) is 0 Å². The summed E-state index contributed by atoms with van der Waals surface area (Å²) in [7, 11) is 1.87. The summed E-state index contributed by atoms with van der Waals surface area (Å²) in [5.41, 5.74) is 0. The molecule has 122 valence electrons. The van der Waals surface area contributed by atoms with Crippen molar-refractivity contribution in [2.24, 2.45) is 5.92 Å². The Bertz CT molecular complexity index is 442. The van der Waals surface area contributed by atoms with Gasteiger partial charge in [0.25, 0.3) is 0 Å². The van der Waals surface area contributed by atoms with Gasteiger partial charge in [0.2, 0.25) is 5.91 Å². The fraction of sp³-hybridized carbons (Fsp3) is 0.611. The maximum atomic E-state index is 11.8. The number of likely N-dealkylation sites (tertiary alicyclic amines) is 1. The van der Waals surface area contributed by atoms with Crippen molar-refractivity contribution in [1.82, 2.24) is 9.80 Å². The molecule has 1 aliphatic heterocycles. The number of rotatable bonds is 7. The molecule has 0 atom stereocenters. The van der Waals surface area contributed by atoms with E-state index in [9.17, 15) is 4.79 Å². The highest BCUT2D eigenvalue weighted by molar-refractivity contribution is 5.75. The molecule has 0 spiro atoms. The van der Waals surface area contributed by atoms with Crippen LogP contribution in [0.5, 0.6) is 5.75 Å². The molecule has 0 unspecified atom stereocenters. The summed E-state index contributed by atoms with van der Waals surface area (Å²) in [4.78, 5) is 16.0. The van der Waals surface area contributed by atoms with Crippen molar-refractivity contribution in [3.05, 3.63) is 30.3 Å². The lowest BCUT2D eigenvalue weighted by Crippen LogP contribution is -2.38. The van der Waals surface area contributed by atoms with E-state index < -0.39 is 0 Å². The van der Waals surface area contributed by atoms with E-state index >= 15 is 0 Å². The number of ether oxygens (including phenoxy) is 1. The van der Waals surface area contributed by atoms with Gasteiger partial charge >= 0.3 is 0 Å². The molecule has 0 N–H and O–H groups in total. The number of nitrogens with zero attached hydrogens (tertiary/aromatic N) is 2. The number of carbonyl (C=O) groups excluding carboxylic acids is 1. The van der Waals surface area contributed by atoms with Crippen molar-refractivity contribution in [1.29, 1.82) is 0 Å². The molecular weight excluding hydrogens is 276 g/mol. The van der Waals surface area contributed by atoms with E-state index in [1.165, 1.54) is 0 Å². The molecule has 0 saturated carbocycles. The van der Waals surface area contributed by atoms with Crippen LogP contribution in [0.15, 0.2) is 30.3 Å². The minimum absolute atomic E-state index is 0.247. The van der Waals surface area contributed by atoms with Gasteiger partial charge < -0.3 is 14.5 Å². The number of carbonyl (C=O) groups is 1. The van der Waals surface area contributed by atoms with Gasteiger partial charge in [0.05, 0.1) is 6.61 Å². The average Bonchev–Trinajstić information content (AvgIpc) is 2.59. The molecule has 1 aromatic carbocycles. The number of hydrogen-bond acceptors (Lipinski definition) is 3. The first-order valence-corrected chi connectivity index (χ1v) is 8.33. The molecular formula is C18H28N2O2. The zero-order valence-electron chi connectivity index (χ0n) is 13.8. The normalized spacial score (nSPS) is 16.5. The third-order valence-electron chi connectivity index (χ3n) is 4.48. The monoisotopic (exact) mass is 304 g/mol. The van der Waals surface area contributed by atoms with Gasteiger partial charge in [0.15, 0.2) is 0 Å². The summed E-state index contributed by atoms with van der Waals surface area (Å²) in [5.74, 6) is 1.83. The summed E-state index contributed by atoms with van der Waals surface area (Å²) in [5, 5.41) is 0. The summed E-state index contributed by atoms with van der Waals surface area (Å²) in [6, 6.07) is 10.0. The lowest BCUT2D eigenvalue weighted by Gasteiger charge is -2.32. The number of para-hydroxylation sites is 1. The van der Waals surface area contributed by atoms with Gasteiger partial charge in [-0.2, -0.15) is 0 Å². The highest BCUT2D eigenvalue weighted by Gasteiger charge is 2.20. The van der Waals surface area contributed by atoms with Crippen molar-refractivity contribution >= 4 is 5.91 Å². The molecule has 2 rings (SSSR count). The standard InChI is InChI=1S/C18H28N2O2/c1-3-19(2)18(21)11-14-20-12-9-16(10-13-20)15-22-17-7-5-4-6-8-17/h4-8,16H,3,9-15H2,1-2H3. The largest absolute Gasteiger partial charge is 0.493 e. The fourth-order valence-corrected chi connectivity index (χ4v) is 2.73. The molecule has 0 bridgehead atoms. The van der Waals surface area contributed by atoms with Crippen LogP contribution in [0.4, 0.5) is 0 Å². The third kappa shape index (κ3) is 5.34. The lowest BCUT2D eigenvalue weighted by atomic mass is 9.97. The van der Waals surface area contributed by atoms with Crippen molar-refractivity contribution in [2.75, 3.05) is 39.8 Å². The maximum absolute atomic E-state index is 11.8. The Hall–Kier alpha value is -1.55. The van der Waals surface area contributed by atoms with E-state index in [1.54, 1.807) is 4.90 Å². The molecule has 22 heavy (non-hydrogen) atoms. The van der Waals surface area contributed by atoms with Crippen LogP contribution >= 0.6 is 0 Å². The zero-order chi connectivity index (χ0) is 15.8. The molecule has 0 aliphatic carbocycles. The quantitative estimate of drug-likeness (QED) is 0.776. The van der Waals surface area contributed by atoms with E-state index in [0.717, 1.165) is 51.4 Å². The molecule has 4 nitrogen and oxygen atoms in total. The highest BCUT2D eigenvalue weighted by atomic mass is 16.5. The summed E-state index contributed by atoms with van der Waals surface area (Å²) in [6.07, 6.45) is 2.95. The Labute approximate surface area is 134 Å². The number of amides is 1. The summed E-state index contributed by atoms with van der Waals surface area (Å²) >= 11 is 0. The Morgan fingerprint density at radius 1 is 1.27 bits per heavy atom. The average molecular weight is 304 g/mol. The van der Waals surface area contributed by atoms with Crippen LogP contribution in [-0.2, 0) is 4.79 Å². The van der Waals surface area contributed by atoms with Crippen LogP contribution in [0.3, 0.4) is 0 Å². The number of piperidine rings is 1. The van der Waals surface area contributed by atoms with Crippen LogP contribution in [0.25, 0.3) is 0 Å². The molecule has 1 aliphatic rings. The molecule has 4 heteroatoms. The highest BCUT2D eigenvalue weighted by Crippen LogP contribution is 2.19. The first-order valence-electron chi connectivity index (χ1n) is 8.33. The minimum atomic E-state index is 0.247. The molecule has 1 aromatic rings. The minimum Gasteiger partial charge on any atom is -0.493 e. The van der Waals surface area contributed by atoms with Gasteiger partial charge in [0, 0.05) is 26.6 Å². The predicted octanol–water partition coefficient (Wildman–Crippen LogP) is 2.65. The SMILES string of the molecule is CCN(C)C(=O)CCN1CCC(COc2ccccc2)CC1. The Morgan fingerprint density at radius 2 is 1.95 bits per heavy atom. The van der Waals surface area contributed by atoms with E-state index in [1.807, 2.05) is 44.3 Å². The van der Waals surface area contributed by atoms with E-state index in [-0.39, 0.29) is 5.91 Å². The van der Waals surface area contributed by atoms with E-state index in [4.69, 9.17) is 4.74 Å². The van der Waals surface area contributed by atoms with Gasteiger partial charge in [-0.05, 0) is 50.9 Å². The molecule has 0 aromatic heterocycles. The van der Waals surface area contributed by atoms with Gasteiger partial charge in [-0.25, -0.2) is 0 Å². The van der Waals surface area contributed by atoms with Crippen molar-refractivity contribution < 1.29 is 9.53 Å². The van der Waals surface area contributed by atoms with Crippen LogP contribution in [0.1, 0.15) is 26.2 Å². The Balaban J connectivity index is 1.62. The summed E-state index contributed by atoms with van der Waals surface area (Å²) < 4.78 is 5.85. The van der Waals surface area contributed by atoms with Crippen LogP contribution in [0, 0.1) is 5.92 Å². The molecule has 1 heterocycles. The predicted molar refractivity (Wildman–Crippen MR) is 89.0 cm³/mol. The fourth-order valence-electron chi connectivity index (χ4n) is 2.73. The zero-order valence-corrected chi connectivity index (χ0v) is 13.8. The summed E-state index contributed by atoms with van der Waals surface area (Å²) in [6.45, 7) is 6.64. The van der Waals surface area contributed by atoms with Crippen molar-refractivity contribution in [2.45, 2.75) is 26.2 Å². The second kappa shape index (κ2) is 8.79.